The van der Waals surface area contributed by atoms with Crippen LogP contribution in [0.15, 0.2) is 30.6 Å². The van der Waals surface area contributed by atoms with Crippen molar-refractivity contribution in [2.75, 3.05) is 7.11 Å². The Kier molecular flexibility index (Phi) is 3.82. The van der Waals surface area contributed by atoms with E-state index in [1.165, 1.54) is 37.7 Å². The highest BCUT2D eigenvalue weighted by atomic mass is 35.5. The largest absolute Gasteiger partial charge is 0.497 e. The second-order valence-corrected chi connectivity index (χ2v) is 3.89. The number of carbonyl (C=O) groups is 1. The predicted octanol–water partition coefficient (Wildman–Crippen LogP) is 2.63. The summed E-state index contributed by atoms with van der Waals surface area (Å²) in [5, 5.41) is 9.43. The van der Waals surface area contributed by atoms with Crippen molar-refractivity contribution in [1.82, 2.24) is 9.97 Å². The molecule has 98 valence electrons. The third-order valence-corrected chi connectivity index (χ3v) is 2.41. The van der Waals surface area contributed by atoms with E-state index in [9.17, 15) is 4.79 Å². The van der Waals surface area contributed by atoms with Gasteiger partial charge in [0.1, 0.15) is 17.1 Å². The van der Waals surface area contributed by atoms with Crippen LogP contribution in [-0.4, -0.2) is 28.2 Å². The van der Waals surface area contributed by atoms with Crippen molar-refractivity contribution in [2.24, 2.45) is 0 Å². The molecular formula is C12H9ClN2O4. The predicted molar refractivity (Wildman–Crippen MR) is 67.1 cm³/mol. The summed E-state index contributed by atoms with van der Waals surface area (Å²) < 4.78 is 10.3. The second-order valence-electron chi connectivity index (χ2n) is 3.45. The van der Waals surface area contributed by atoms with Crippen LogP contribution < -0.4 is 9.47 Å². The molecular weight excluding hydrogens is 272 g/mol. The van der Waals surface area contributed by atoms with Crippen molar-refractivity contribution in [3.8, 4) is 17.5 Å². The van der Waals surface area contributed by atoms with Crippen molar-refractivity contribution in [1.29, 1.82) is 0 Å². The number of nitrogens with zero attached hydrogens (tertiary/aromatic N) is 2. The number of rotatable bonds is 4. The van der Waals surface area contributed by atoms with E-state index in [2.05, 4.69) is 9.97 Å². The first-order chi connectivity index (χ1) is 9.10. The Bertz CT molecular complexity index is 601. The zero-order chi connectivity index (χ0) is 13.8. The number of hydrogen-bond acceptors (Lipinski definition) is 5. The van der Waals surface area contributed by atoms with Crippen molar-refractivity contribution in [3.05, 3.63) is 41.2 Å². The maximum Gasteiger partial charge on any atom is 0.339 e. The number of carboxylic acid groups (broad SMARTS) is 1. The minimum absolute atomic E-state index is 0.000142. The number of methoxy groups -OCH3 is 1. The van der Waals surface area contributed by atoms with Crippen LogP contribution in [0.1, 0.15) is 10.4 Å². The molecule has 0 atom stereocenters. The van der Waals surface area contributed by atoms with Crippen LogP contribution in [0.5, 0.6) is 17.5 Å². The first-order valence-electron chi connectivity index (χ1n) is 5.17. The van der Waals surface area contributed by atoms with Crippen LogP contribution in [0, 0.1) is 0 Å². The normalized spacial score (nSPS) is 10.0. The van der Waals surface area contributed by atoms with Gasteiger partial charge < -0.3 is 14.6 Å². The highest BCUT2D eigenvalue weighted by molar-refractivity contribution is 6.30. The van der Waals surface area contributed by atoms with Gasteiger partial charge in [-0.3, -0.25) is 0 Å². The molecule has 0 fully saturated rings. The molecule has 1 N–H and O–H groups in total. The van der Waals surface area contributed by atoms with Gasteiger partial charge in [-0.1, -0.05) is 11.6 Å². The Hall–Kier alpha value is -2.34. The molecule has 0 saturated heterocycles. The van der Waals surface area contributed by atoms with Crippen molar-refractivity contribution in [3.63, 3.8) is 0 Å². The standard InChI is InChI=1S/C12H9ClN2O4/c1-18-8-2-3-9(11(16)17)10(4-8)19-12-14-5-7(13)6-15-12/h2-6H,1H3,(H,16,17). The molecule has 1 aromatic heterocycles. The highest BCUT2D eigenvalue weighted by Crippen LogP contribution is 2.28. The summed E-state index contributed by atoms with van der Waals surface area (Å²) in [6.45, 7) is 0. The Morgan fingerprint density at radius 3 is 2.58 bits per heavy atom. The molecule has 1 heterocycles. The van der Waals surface area contributed by atoms with Crippen LogP contribution in [0.4, 0.5) is 0 Å². The lowest BCUT2D eigenvalue weighted by atomic mass is 10.2. The van der Waals surface area contributed by atoms with Gasteiger partial charge in [-0.2, -0.15) is 0 Å². The fourth-order valence-electron chi connectivity index (χ4n) is 1.34. The Labute approximate surface area is 113 Å². The fourth-order valence-corrected chi connectivity index (χ4v) is 1.44. The molecule has 0 saturated carbocycles. The topological polar surface area (TPSA) is 81.5 Å². The van der Waals surface area contributed by atoms with E-state index >= 15 is 0 Å². The number of hydrogen-bond donors (Lipinski definition) is 1. The molecule has 0 unspecified atom stereocenters. The minimum atomic E-state index is -1.12. The molecule has 19 heavy (non-hydrogen) atoms. The van der Waals surface area contributed by atoms with Crippen LogP contribution >= 0.6 is 11.6 Å². The van der Waals surface area contributed by atoms with Gasteiger partial charge in [-0.15, -0.1) is 0 Å². The Balaban J connectivity index is 2.36. The van der Waals surface area contributed by atoms with E-state index < -0.39 is 5.97 Å². The van der Waals surface area contributed by atoms with Gasteiger partial charge in [0.2, 0.25) is 0 Å². The molecule has 1 aromatic carbocycles. The average molecular weight is 281 g/mol. The molecule has 0 radical (unpaired) electrons. The van der Waals surface area contributed by atoms with Gasteiger partial charge >= 0.3 is 12.0 Å². The quantitative estimate of drug-likeness (QED) is 0.927. The number of halogens is 1. The van der Waals surface area contributed by atoms with E-state index in [0.717, 1.165) is 0 Å². The summed E-state index contributed by atoms with van der Waals surface area (Å²) in [5.41, 5.74) is -0.0145. The van der Waals surface area contributed by atoms with Crippen LogP contribution in [-0.2, 0) is 0 Å². The smallest absolute Gasteiger partial charge is 0.339 e. The Morgan fingerprint density at radius 2 is 2.00 bits per heavy atom. The summed E-state index contributed by atoms with van der Waals surface area (Å²) in [6, 6.07) is 4.35. The summed E-state index contributed by atoms with van der Waals surface area (Å²) in [7, 11) is 1.47. The molecule has 2 rings (SSSR count). The van der Waals surface area contributed by atoms with Crippen molar-refractivity contribution < 1.29 is 19.4 Å². The molecule has 0 aliphatic carbocycles. The number of benzene rings is 1. The lowest BCUT2D eigenvalue weighted by Gasteiger charge is -2.08. The molecule has 7 heteroatoms. The monoisotopic (exact) mass is 280 g/mol. The fraction of sp³-hybridized carbons (Fsp3) is 0.0833. The maximum absolute atomic E-state index is 11.1. The first-order valence-corrected chi connectivity index (χ1v) is 5.54. The molecule has 0 bridgehead atoms. The van der Waals surface area contributed by atoms with Crippen LogP contribution in [0.2, 0.25) is 5.02 Å². The zero-order valence-electron chi connectivity index (χ0n) is 9.83. The van der Waals surface area contributed by atoms with Crippen molar-refractivity contribution in [2.45, 2.75) is 0 Å². The SMILES string of the molecule is COc1ccc(C(=O)O)c(Oc2ncc(Cl)cn2)c1. The second kappa shape index (κ2) is 5.53. The van der Waals surface area contributed by atoms with Gasteiger partial charge in [0.05, 0.1) is 24.5 Å². The van der Waals surface area contributed by atoms with Crippen LogP contribution in [0.3, 0.4) is 0 Å². The summed E-state index contributed by atoms with van der Waals surface area (Å²) in [4.78, 5) is 18.7. The zero-order valence-corrected chi connectivity index (χ0v) is 10.6. The summed E-state index contributed by atoms with van der Waals surface area (Å²) in [5.74, 6) is -0.560. The molecule has 0 spiro atoms. The van der Waals surface area contributed by atoms with Gasteiger partial charge in [0.15, 0.2) is 0 Å². The van der Waals surface area contributed by atoms with Gasteiger partial charge in [-0.25, -0.2) is 14.8 Å². The first kappa shape index (κ1) is 13.1. The van der Waals surface area contributed by atoms with Gasteiger partial charge in [0.25, 0.3) is 0 Å². The lowest BCUT2D eigenvalue weighted by molar-refractivity contribution is 0.0694. The molecule has 0 aliphatic rings. The van der Waals surface area contributed by atoms with Crippen molar-refractivity contribution >= 4 is 17.6 Å². The average Bonchev–Trinajstić information content (AvgIpc) is 2.41. The highest BCUT2D eigenvalue weighted by Gasteiger charge is 2.14. The summed E-state index contributed by atoms with van der Waals surface area (Å²) >= 11 is 5.65. The van der Waals surface area contributed by atoms with E-state index in [1.54, 1.807) is 0 Å². The van der Waals surface area contributed by atoms with Crippen LogP contribution in [0.25, 0.3) is 0 Å². The van der Waals surface area contributed by atoms with E-state index in [4.69, 9.17) is 26.2 Å². The molecule has 6 nitrogen and oxygen atoms in total. The molecule has 2 aromatic rings. The van der Waals surface area contributed by atoms with E-state index in [0.29, 0.717) is 10.8 Å². The third kappa shape index (κ3) is 3.11. The number of aromatic nitrogens is 2. The Morgan fingerprint density at radius 1 is 1.32 bits per heavy atom. The molecule has 0 amide bonds. The number of carboxylic acids is 1. The maximum atomic E-state index is 11.1. The van der Waals surface area contributed by atoms with Gasteiger partial charge in [0, 0.05) is 6.07 Å². The number of ether oxygens (including phenoxy) is 2. The lowest BCUT2D eigenvalue weighted by Crippen LogP contribution is -2.01. The summed E-state index contributed by atoms with van der Waals surface area (Å²) in [6.07, 6.45) is 2.70. The number of aromatic carboxylic acids is 1. The molecule has 0 aliphatic heterocycles. The van der Waals surface area contributed by atoms with E-state index in [-0.39, 0.29) is 17.3 Å². The third-order valence-electron chi connectivity index (χ3n) is 2.22. The van der Waals surface area contributed by atoms with E-state index in [1.807, 2.05) is 0 Å². The minimum Gasteiger partial charge on any atom is -0.497 e. The van der Waals surface area contributed by atoms with Gasteiger partial charge in [-0.05, 0) is 12.1 Å².